The van der Waals surface area contributed by atoms with Crippen LogP contribution in [0.2, 0.25) is 0 Å². The Labute approximate surface area is 99.2 Å². The van der Waals surface area contributed by atoms with Crippen molar-refractivity contribution < 1.29 is 14.4 Å². The fourth-order valence-corrected chi connectivity index (χ4v) is 1.51. The van der Waals surface area contributed by atoms with E-state index in [4.69, 9.17) is 16.0 Å². The van der Waals surface area contributed by atoms with Crippen LogP contribution in [-0.4, -0.2) is 24.4 Å². The van der Waals surface area contributed by atoms with Crippen molar-refractivity contribution in [1.29, 1.82) is 0 Å². The Morgan fingerprint density at radius 3 is 3.00 bits per heavy atom. The lowest BCUT2D eigenvalue weighted by Crippen LogP contribution is -2.23. The van der Waals surface area contributed by atoms with Gasteiger partial charge in [0.25, 0.3) is 0 Å². The second kappa shape index (κ2) is 5.17. The fraction of sp³-hybridized carbons (Fsp3) is 0.231. The van der Waals surface area contributed by atoms with Gasteiger partial charge in [-0.3, -0.25) is 0 Å². The van der Waals surface area contributed by atoms with E-state index in [1.807, 2.05) is 30.3 Å². The van der Waals surface area contributed by atoms with Gasteiger partial charge in [-0.1, -0.05) is 41.4 Å². The van der Waals surface area contributed by atoms with Gasteiger partial charge in [0.2, 0.25) is 6.10 Å². The molecule has 17 heavy (non-hydrogen) atoms. The summed E-state index contributed by atoms with van der Waals surface area (Å²) >= 11 is 0. The van der Waals surface area contributed by atoms with Crippen LogP contribution in [0.4, 0.5) is 0 Å². The summed E-state index contributed by atoms with van der Waals surface area (Å²) in [6, 6.07) is 9.55. The molecule has 4 heteroatoms. The van der Waals surface area contributed by atoms with Gasteiger partial charge >= 0.3 is 5.97 Å². The Morgan fingerprint density at radius 1 is 1.53 bits per heavy atom. The molecule has 1 aliphatic rings. The molecule has 0 amide bonds. The minimum atomic E-state index is -0.682. The minimum absolute atomic E-state index is 0.0423. The highest BCUT2D eigenvalue weighted by atomic mass is 16.7. The van der Waals surface area contributed by atoms with Crippen molar-refractivity contribution >= 4 is 11.7 Å². The number of oxime groups is 1. The van der Waals surface area contributed by atoms with Crippen LogP contribution in [0.15, 0.2) is 35.5 Å². The molecule has 4 nitrogen and oxygen atoms in total. The Hall–Kier alpha value is -2.28. The summed E-state index contributed by atoms with van der Waals surface area (Å²) in [5.74, 6) is 1.75. The van der Waals surface area contributed by atoms with Gasteiger partial charge in [0, 0.05) is 6.42 Å². The first-order valence-electron chi connectivity index (χ1n) is 5.19. The SMILES string of the molecule is C#CCOC(=O)C1CC(c2ccccc2)=NO1. The normalized spacial score (nSPS) is 17.8. The number of esters is 1. The van der Waals surface area contributed by atoms with E-state index in [0.717, 1.165) is 11.3 Å². The van der Waals surface area contributed by atoms with Crippen molar-refractivity contribution in [1.82, 2.24) is 0 Å². The van der Waals surface area contributed by atoms with Gasteiger partial charge in [0.05, 0.1) is 5.71 Å². The zero-order valence-electron chi connectivity index (χ0n) is 9.13. The molecular formula is C13H11NO3. The van der Waals surface area contributed by atoms with Crippen LogP contribution in [0.25, 0.3) is 0 Å². The van der Waals surface area contributed by atoms with Gasteiger partial charge in [-0.15, -0.1) is 6.42 Å². The average Bonchev–Trinajstić information content (AvgIpc) is 2.86. The third kappa shape index (κ3) is 2.64. The molecule has 1 aromatic carbocycles. The van der Waals surface area contributed by atoms with Crippen LogP contribution in [0.3, 0.4) is 0 Å². The number of ether oxygens (including phenoxy) is 1. The van der Waals surface area contributed by atoms with Crippen molar-refractivity contribution in [2.24, 2.45) is 5.16 Å². The van der Waals surface area contributed by atoms with Crippen molar-refractivity contribution in [3.8, 4) is 12.3 Å². The largest absolute Gasteiger partial charge is 0.450 e. The Kier molecular flexibility index (Phi) is 3.41. The molecule has 0 aliphatic carbocycles. The first kappa shape index (κ1) is 11.2. The quantitative estimate of drug-likeness (QED) is 0.580. The molecule has 2 rings (SSSR count). The first-order valence-corrected chi connectivity index (χ1v) is 5.19. The van der Waals surface area contributed by atoms with Crippen molar-refractivity contribution in [2.45, 2.75) is 12.5 Å². The predicted octanol–water partition coefficient (Wildman–Crippen LogP) is 1.36. The van der Waals surface area contributed by atoms with E-state index in [9.17, 15) is 4.79 Å². The molecule has 86 valence electrons. The smallest absolute Gasteiger partial charge is 0.351 e. The highest BCUT2D eigenvalue weighted by molar-refractivity contribution is 6.03. The third-order valence-electron chi connectivity index (χ3n) is 2.34. The number of hydrogen-bond acceptors (Lipinski definition) is 4. The maximum absolute atomic E-state index is 11.5. The Balaban J connectivity index is 1.96. The number of nitrogens with zero attached hydrogens (tertiary/aromatic N) is 1. The molecule has 1 atom stereocenters. The number of carbonyl (C=O) groups is 1. The molecule has 1 heterocycles. The lowest BCUT2D eigenvalue weighted by Gasteiger charge is -2.05. The van der Waals surface area contributed by atoms with E-state index >= 15 is 0 Å². The molecule has 0 N–H and O–H groups in total. The number of rotatable bonds is 3. The highest BCUT2D eigenvalue weighted by Crippen LogP contribution is 2.17. The van der Waals surface area contributed by atoms with E-state index in [2.05, 4.69) is 11.1 Å². The Bertz CT molecular complexity index is 473. The number of hydrogen-bond donors (Lipinski definition) is 0. The molecule has 0 aromatic heterocycles. The second-order valence-electron chi connectivity index (χ2n) is 3.51. The molecule has 1 aliphatic heterocycles. The summed E-state index contributed by atoms with van der Waals surface area (Å²) in [6.07, 6.45) is 4.73. The zero-order chi connectivity index (χ0) is 12.1. The fourth-order valence-electron chi connectivity index (χ4n) is 1.51. The molecule has 0 saturated carbocycles. The van der Waals surface area contributed by atoms with E-state index < -0.39 is 12.1 Å². The van der Waals surface area contributed by atoms with Crippen LogP contribution in [0.1, 0.15) is 12.0 Å². The molecule has 0 radical (unpaired) electrons. The Morgan fingerprint density at radius 2 is 2.29 bits per heavy atom. The predicted molar refractivity (Wildman–Crippen MR) is 62.3 cm³/mol. The molecule has 0 saturated heterocycles. The third-order valence-corrected chi connectivity index (χ3v) is 2.34. The van der Waals surface area contributed by atoms with E-state index in [1.54, 1.807) is 0 Å². The van der Waals surface area contributed by atoms with Crippen LogP contribution in [0, 0.1) is 12.3 Å². The van der Waals surface area contributed by atoms with Gasteiger partial charge in [0.15, 0.2) is 6.61 Å². The summed E-state index contributed by atoms with van der Waals surface area (Å²) in [4.78, 5) is 16.5. The summed E-state index contributed by atoms with van der Waals surface area (Å²) < 4.78 is 4.79. The summed E-state index contributed by atoms with van der Waals surface area (Å²) in [5, 5.41) is 3.88. The average molecular weight is 229 g/mol. The van der Waals surface area contributed by atoms with E-state index in [0.29, 0.717) is 6.42 Å². The van der Waals surface area contributed by atoms with Gasteiger partial charge in [-0.2, -0.15) is 0 Å². The van der Waals surface area contributed by atoms with Crippen LogP contribution in [-0.2, 0) is 14.4 Å². The van der Waals surface area contributed by atoms with Crippen molar-refractivity contribution in [2.75, 3.05) is 6.61 Å². The molecule has 0 spiro atoms. The van der Waals surface area contributed by atoms with Crippen molar-refractivity contribution in [3.05, 3.63) is 35.9 Å². The maximum Gasteiger partial charge on any atom is 0.351 e. The molecule has 1 unspecified atom stereocenters. The number of terminal acetylenes is 1. The van der Waals surface area contributed by atoms with Crippen LogP contribution in [0.5, 0.6) is 0 Å². The zero-order valence-corrected chi connectivity index (χ0v) is 9.13. The van der Waals surface area contributed by atoms with Gasteiger partial charge in [-0.25, -0.2) is 4.79 Å². The van der Waals surface area contributed by atoms with E-state index in [1.165, 1.54) is 0 Å². The molecular weight excluding hydrogens is 218 g/mol. The van der Waals surface area contributed by atoms with Gasteiger partial charge < -0.3 is 9.57 Å². The first-order chi connectivity index (χ1) is 8.31. The van der Waals surface area contributed by atoms with E-state index in [-0.39, 0.29) is 6.61 Å². The molecule has 0 fully saturated rings. The summed E-state index contributed by atoms with van der Waals surface area (Å²) in [6.45, 7) is -0.0423. The number of benzene rings is 1. The van der Waals surface area contributed by atoms with Crippen LogP contribution >= 0.6 is 0 Å². The monoisotopic (exact) mass is 229 g/mol. The minimum Gasteiger partial charge on any atom is -0.450 e. The lowest BCUT2D eigenvalue weighted by atomic mass is 10.1. The number of carbonyl (C=O) groups excluding carboxylic acids is 1. The summed E-state index contributed by atoms with van der Waals surface area (Å²) in [7, 11) is 0. The van der Waals surface area contributed by atoms with Crippen molar-refractivity contribution in [3.63, 3.8) is 0 Å². The summed E-state index contributed by atoms with van der Waals surface area (Å²) in [5.41, 5.74) is 1.69. The second-order valence-corrected chi connectivity index (χ2v) is 3.51. The van der Waals surface area contributed by atoms with Gasteiger partial charge in [0.1, 0.15) is 0 Å². The van der Waals surface area contributed by atoms with Gasteiger partial charge in [-0.05, 0) is 5.56 Å². The standard InChI is InChI=1S/C13H11NO3/c1-2-8-16-13(15)12-9-11(14-17-12)10-6-4-3-5-7-10/h1,3-7,12H,8-9H2. The maximum atomic E-state index is 11.5. The van der Waals surface area contributed by atoms with Crippen LogP contribution < -0.4 is 0 Å². The molecule has 0 bridgehead atoms. The topological polar surface area (TPSA) is 47.9 Å². The molecule has 1 aromatic rings. The lowest BCUT2D eigenvalue weighted by molar-refractivity contribution is -0.153. The highest BCUT2D eigenvalue weighted by Gasteiger charge is 2.29.